The summed E-state index contributed by atoms with van der Waals surface area (Å²) >= 11 is 0. The van der Waals surface area contributed by atoms with Gasteiger partial charge in [0.25, 0.3) is 0 Å². The molecule has 7 nitrogen and oxygen atoms in total. The zero-order valence-corrected chi connectivity index (χ0v) is 17.2. The van der Waals surface area contributed by atoms with Crippen LogP contribution in [0.5, 0.6) is 0 Å². The number of aromatic amines is 1. The molecule has 0 aliphatic carbocycles. The molecule has 0 saturated heterocycles. The molecule has 2 aromatic carbocycles. The zero-order valence-electron chi connectivity index (χ0n) is 17.2. The summed E-state index contributed by atoms with van der Waals surface area (Å²) in [5, 5.41) is 29.0. The SMILES string of the molecule is CC(C)(CNc1ccc(-c2ccc3[nH]nc(N)c3c2)nn1)c1ccc(CCO)cc1. The summed E-state index contributed by atoms with van der Waals surface area (Å²) in [5.41, 5.74) is 10.8. The number of nitrogens with two attached hydrogens (primary N) is 1. The summed E-state index contributed by atoms with van der Waals surface area (Å²) in [6.45, 7) is 5.26. The lowest BCUT2D eigenvalue weighted by Crippen LogP contribution is -2.28. The molecular weight excluding hydrogens is 376 g/mol. The van der Waals surface area contributed by atoms with Gasteiger partial charge in [0.05, 0.1) is 11.2 Å². The third-order valence-electron chi connectivity index (χ3n) is 5.40. The number of nitrogen functional groups attached to an aromatic ring is 1. The number of nitrogens with zero attached hydrogens (tertiary/aromatic N) is 3. The standard InChI is InChI=1S/C23H26N6O/c1-23(2,17-6-3-15(4-7-17)11-12-30)14-25-21-10-9-19(26-28-21)16-5-8-20-18(13-16)22(24)29-27-20/h3-10,13,30H,11-12,14H2,1-2H3,(H,25,28)(H3,24,27,29). The minimum absolute atomic E-state index is 0.0814. The van der Waals surface area contributed by atoms with E-state index in [1.807, 2.05) is 30.3 Å². The molecule has 0 aliphatic rings. The number of aromatic nitrogens is 4. The lowest BCUT2D eigenvalue weighted by atomic mass is 9.84. The Kier molecular flexibility index (Phi) is 5.37. The van der Waals surface area contributed by atoms with E-state index in [1.165, 1.54) is 5.56 Å². The topological polar surface area (TPSA) is 113 Å². The number of aliphatic hydroxyl groups excluding tert-OH is 1. The number of fused-ring (bicyclic) bond motifs is 1. The highest BCUT2D eigenvalue weighted by Crippen LogP contribution is 2.26. The van der Waals surface area contributed by atoms with E-state index in [1.54, 1.807) is 0 Å². The van der Waals surface area contributed by atoms with Gasteiger partial charge in [-0.15, -0.1) is 10.2 Å². The van der Waals surface area contributed by atoms with Crippen LogP contribution in [-0.4, -0.2) is 38.7 Å². The normalized spacial score (nSPS) is 11.7. The number of benzene rings is 2. The molecule has 0 atom stereocenters. The first kappa shape index (κ1) is 19.8. The highest BCUT2D eigenvalue weighted by atomic mass is 16.2. The average molecular weight is 403 g/mol. The number of hydrogen-bond acceptors (Lipinski definition) is 6. The molecule has 0 radical (unpaired) electrons. The molecule has 0 aliphatic heterocycles. The van der Waals surface area contributed by atoms with E-state index >= 15 is 0 Å². The lowest BCUT2D eigenvalue weighted by molar-refractivity contribution is 0.299. The number of nitrogens with one attached hydrogen (secondary N) is 2. The number of anilines is 2. The van der Waals surface area contributed by atoms with E-state index in [9.17, 15) is 0 Å². The number of rotatable bonds is 7. The van der Waals surface area contributed by atoms with Crippen LogP contribution in [0.4, 0.5) is 11.6 Å². The van der Waals surface area contributed by atoms with Gasteiger partial charge in [0.1, 0.15) is 5.82 Å². The van der Waals surface area contributed by atoms with Crippen molar-refractivity contribution in [2.75, 3.05) is 24.2 Å². The molecule has 0 spiro atoms. The molecule has 0 bridgehead atoms. The van der Waals surface area contributed by atoms with E-state index in [4.69, 9.17) is 10.8 Å². The van der Waals surface area contributed by atoms with Crippen LogP contribution in [-0.2, 0) is 11.8 Å². The van der Waals surface area contributed by atoms with Crippen LogP contribution in [0.15, 0.2) is 54.6 Å². The molecule has 0 saturated carbocycles. The second kappa shape index (κ2) is 8.12. The average Bonchev–Trinajstić information content (AvgIpc) is 3.14. The van der Waals surface area contributed by atoms with Crippen LogP contribution >= 0.6 is 0 Å². The third kappa shape index (κ3) is 4.11. The first-order valence-corrected chi connectivity index (χ1v) is 9.98. The zero-order chi connectivity index (χ0) is 21.1. The molecule has 2 heterocycles. The molecule has 30 heavy (non-hydrogen) atoms. The molecular formula is C23H26N6O. The Morgan fingerprint density at radius 1 is 1.03 bits per heavy atom. The molecule has 5 N–H and O–H groups in total. The monoisotopic (exact) mass is 402 g/mol. The highest BCUT2D eigenvalue weighted by molar-refractivity contribution is 5.91. The van der Waals surface area contributed by atoms with Crippen molar-refractivity contribution in [2.24, 2.45) is 0 Å². The van der Waals surface area contributed by atoms with Gasteiger partial charge in [0, 0.05) is 29.5 Å². The fourth-order valence-corrected chi connectivity index (χ4v) is 3.44. The Morgan fingerprint density at radius 3 is 2.53 bits per heavy atom. The summed E-state index contributed by atoms with van der Waals surface area (Å²) < 4.78 is 0. The van der Waals surface area contributed by atoms with E-state index < -0.39 is 0 Å². The van der Waals surface area contributed by atoms with Crippen LogP contribution in [0.25, 0.3) is 22.2 Å². The molecule has 7 heteroatoms. The summed E-state index contributed by atoms with van der Waals surface area (Å²) in [4.78, 5) is 0. The fourth-order valence-electron chi connectivity index (χ4n) is 3.44. The van der Waals surface area contributed by atoms with E-state index in [-0.39, 0.29) is 12.0 Å². The van der Waals surface area contributed by atoms with E-state index in [2.05, 4.69) is 63.8 Å². The summed E-state index contributed by atoms with van der Waals surface area (Å²) in [6.07, 6.45) is 0.682. The first-order valence-electron chi connectivity index (χ1n) is 9.98. The second-order valence-electron chi connectivity index (χ2n) is 8.08. The Labute approximate surface area is 175 Å². The third-order valence-corrected chi connectivity index (χ3v) is 5.40. The maximum absolute atomic E-state index is 9.07. The fraction of sp³-hybridized carbons (Fsp3) is 0.261. The smallest absolute Gasteiger partial charge is 0.153 e. The molecule has 0 fully saturated rings. The molecule has 154 valence electrons. The van der Waals surface area contributed by atoms with Crippen molar-refractivity contribution in [3.63, 3.8) is 0 Å². The molecule has 4 rings (SSSR count). The minimum Gasteiger partial charge on any atom is -0.396 e. The van der Waals surface area contributed by atoms with Crippen molar-refractivity contribution in [1.29, 1.82) is 0 Å². The summed E-state index contributed by atoms with van der Waals surface area (Å²) in [5.74, 6) is 1.21. The van der Waals surface area contributed by atoms with Gasteiger partial charge >= 0.3 is 0 Å². The van der Waals surface area contributed by atoms with Crippen molar-refractivity contribution in [1.82, 2.24) is 20.4 Å². The molecule has 2 aromatic heterocycles. The summed E-state index contributed by atoms with van der Waals surface area (Å²) in [6, 6.07) is 18.2. The van der Waals surface area contributed by atoms with Gasteiger partial charge in [-0.05, 0) is 41.8 Å². The van der Waals surface area contributed by atoms with Gasteiger partial charge in [-0.1, -0.05) is 44.2 Å². The second-order valence-corrected chi connectivity index (χ2v) is 8.08. The number of H-pyrrole nitrogens is 1. The van der Waals surface area contributed by atoms with Crippen molar-refractivity contribution >= 4 is 22.5 Å². The Hall–Kier alpha value is -3.45. The Bertz CT molecular complexity index is 1130. The van der Waals surface area contributed by atoms with Crippen molar-refractivity contribution in [3.05, 3.63) is 65.7 Å². The van der Waals surface area contributed by atoms with Crippen LogP contribution < -0.4 is 11.1 Å². The highest BCUT2D eigenvalue weighted by Gasteiger charge is 2.20. The van der Waals surface area contributed by atoms with Crippen LogP contribution in [0.3, 0.4) is 0 Å². The van der Waals surface area contributed by atoms with Crippen molar-refractivity contribution < 1.29 is 5.11 Å². The molecule has 0 unspecified atom stereocenters. The maximum Gasteiger partial charge on any atom is 0.153 e. The van der Waals surface area contributed by atoms with Gasteiger partial charge in [-0.3, -0.25) is 5.10 Å². The lowest BCUT2D eigenvalue weighted by Gasteiger charge is -2.26. The maximum atomic E-state index is 9.07. The van der Waals surface area contributed by atoms with Crippen molar-refractivity contribution in [2.45, 2.75) is 25.7 Å². The Morgan fingerprint density at radius 2 is 1.83 bits per heavy atom. The van der Waals surface area contributed by atoms with Gasteiger partial charge in [-0.25, -0.2) is 0 Å². The molecule has 4 aromatic rings. The van der Waals surface area contributed by atoms with Crippen LogP contribution in [0, 0.1) is 0 Å². The van der Waals surface area contributed by atoms with Gasteiger partial charge in [0.15, 0.2) is 5.82 Å². The predicted molar refractivity (Wildman–Crippen MR) is 120 cm³/mol. The summed E-state index contributed by atoms with van der Waals surface area (Å²) in [7, 11) is 0. The van der Waals surface area contributed by atoms with E-state index in [0.29, 0.717) is 12.2 Å². The number of hydrogen-bond donors (Lipinski definition) is 4. The Balaban J connectivity index is 1.44. The first-order chi connectivity index (χ1) is 14.5. The largest absolute Gasteiger partial charge is 0.396 e. The van der Waals surface area contributed by atoms with Gasteiger partial charge in [0.2, 0.25) is 0 Å². The molecule has 0 amide bonds. The van der Waals surface area contributed by atoms with Gasteiger partial charge in [-0.2, -0.15) is 5.10 Å². The van der Waals surface area contributed by atoms with E-state index in [0.717, 1.165) is 40.1 Å². The van der Waals surface area contributed by atoms with Crippen LogP contribution in [0.1, 0.15) is 25.0 Å². The minimum atomic E-state index is -0.0814. The van der Waals surface area contributed by atoms with Crippen LogP contribution in [0.2, 0.25) is 0 Å². The van der Waals surface area contributed by atoms with Gasteiger partial charge < -0.3 is 16.2 Å². The number of aliphatic hydroxyl groups is 1. The quantitative estimate of drug-likeness (QED) is 0.376. The predicted octanol–water partition coefficient (Wildman–Crippen LogP) is 3.53. The van der Waals surface area contributed by atoms with Crippen molar-refractivity contribution in [3.8, 4) is 11.3 Å².